The molecule has 0 spiro atoms. The van der Waals surface area contributed by atoms with Crippen LogP contribution in [0.2, 0.25) is 0 Å². The van der Waals surface area contributed by atoms with Gasteiger partial charge in [-0.05, 0) is 66.9 Å². The number of nitrogens with two attached hydrogens (primary N) is 1. The van der Waals surface area contributed by atoms with Gasteiger partial charge in [-0.25, -0.2) is 13.2 Å². The first-order chi connectivity index (χ1) is 14.7. The highest BCUT2D eigenvalue weighted by Crippen LogP contribution is 2.22. The Hall–Kier alpha value is -3.65. The van der Waals surface area contributed by atoms with Crippen LogP contribution in [0.3, 0.4) is 0 Å². The molecule has 1 amide bonds. The summed E-state index contributed by atoms with van der Waals surface area (Å²) in [5.41, 5.74) is 8.18. The number of primary amides is 1. The van der Waals surface area contributed by atoms with Gasteiger partial charge < -0.3 is 10.5 Å². The maximum absolute atomic E-state index is 12.9. The zero-order valence-electron chi connectivity index (χ0n) is 17.1. The molecule has 160 valence electrons. The van der Waals surface area contributed by atoms with Crippen LogP contribution in [0.25, 0.3) is 0 Å². The van der Waals surface area contributed by atoms with Crippen LogP contribution in [0.15, 0.2) is 71.6 Å². The third-order valence-electron chi connectivity index (χ3n) is 4.59. The molecule has 0 saturated heterocycles. The van der Waals surface area contributed by atoms with Crippen molar-refractivity contribution >= 4 is 27.6 Å². The summed E-state index contributed by atoms with van der Waals surface area (Å²) in [5, 5.41) is 0. The second kappa shape index (κ2) is 9.01. The number of hydrogen-bond donors (Lipinski definition) is 2. The minimum Gasteiger partial charge on any atom is -0.457 e. The minimum atomic E-state index is -3.90. The lowest BCUT2D eigenvalue weighted by atomic mass is 10.1. The van der Waals surface area contributed by atoms with Gasteiger partial charge in [0.25, 0.3) is 10.0 Å². The Bertz CT molecular complexity index is 1240. The van der Waals surface area contributed by atoms with E-state index >= 15 is 0 Å². The number of rotatable bonds is 7. The molecule has 0 bridgehead atoms. The summed E-state index contributed by atoms with van der Waals surface area (Å²) < 4.78 is 33.6. The number of anilines is 1. The third kappa shape index (κ3) is 5.49. The molecular weight excluding hydrogens is 416 g/mol. The fraction of sp³-hybridized carbons (Fsp3) is 0.130. The number of amides is 1. The van der Waals surface area contributed by atoms with Crippen LogP contribution in [0.5, 0.6) is 0 Å². The van der Waals surface area contributed by atoms with Crippen molar-refractivity contribution in [3.63, 3.8) is 0 Å². The van der Waals surface area contributed by atoms with Crippen LogP contribution in [0, 0.1) is 13.8 Å². The predicted molar refractivity (Wildman–Crippen MR) is 117 cm³/mol. The maximum Gasteiger partial charge on any atom is 0.338 e. The van der Waals surface area contributed by atoms with Gasteiger partial charge in [0.05, 0.1) is 10.5 Å². The van der Waals surface area contributed by atoms with Crippen LogP contribution >= 0.6 is 0 Å². The zero-order chi connectivity index (χ0) is 22.6. The van der Waals surface area contributed by atoms with Crippen LogP contribution in [0.4, 0.5) is 5.69 Å². The molecule has 0 aliphatic heterocycles. The van der Waals surface area contributed by atoms with Crippen molar-refractivity contribution in [2.75, 3.05) is 4.72 Å². The monoisotopic (exact) mass is 438 g/mol. The van der Waals surface area contributed by atoms with Crippen LogP contribution in [-0.4, -0.2) is 20.3 Å². The van der Waals surface area contributed by atoms with Gasteiger partial charge in [0.2, 0.25) is 5.91 Å². The minimum absolute atomic E-state index is 0.00531. The Labute approximate surface area is 180 Å². The molecule has 8 heteroatoms. The van der Waals surface area contributed by atoms with Gasteiger partial charge >= 0.3 is 5.97 Å². The first-order valence-corrected chi connectivity index (χ1v) is 10.9. The fourth-order valence-electron chi connectivity index (χ4n) is 2.93. The Morgan fingerprint density at radius 3 is 2.26 bits per heavy atom. The molecule has 3 aromatic rings. The highest BCUT2D eigenvalue weighted by atomic mass is 32.2. The number of benzene rings is 3. The summed E-state index contributed by atoms with van der Waals surface area (Å²) >= 11 is 0. The summed E-state index contributed by atoms with van der Waals surface area (Å²) in [4.78, 5) is 23.6. The number of hydrogen-bond acceptors (Lipinski definition) is 5. The lowest BCUT2D eigenvalue weighted by molar-refractivity contribution is 0.0472. The lowest BCUT2D eigenvalue weighted by Crippen LogP contribution is -2.16. The molecule has 3 aromatic carbocycles. The van der Waals surface area contributed by atoms with Gasteiger partial charge in [-0.15, -0.1) is 0 Å². The van der Waals surface area contributed by atoms with Crippen molar-refractivity contribution in [2.24, 2.45) is 5.73 Å². The van der Waals surface area contributed by atoms with Crippen molar-refractivity contribution < 1.29 is 22.7 Å². The Balaban J connectivity index is 1.76. The standard InChI is InChI=1S/C23H22N2O5S/c1-15-4-3-5-20(12-15)25-31(28,29)21-13-19(9-6-16(21)2)23(27)30-14-17-7-10-18(11-8-17)22(24)26/h3-13,25H,14H2,1-2H3,(H2,24,26). The van der Waals surface area contributed by atoms with Crippen molar-refractivity contribution in [1.29, 1.82) is 0 Å². The molecular formula is C23H22N2O5S. The highest BCUT2D eigenvalue weighted by molar-refractivity contribution is 7.92. The Kier molecular flexibility index (Phi) is 6.41. The van der Waals surface area contributed by atoms with E-state index in [1.807, 2.05) is 13.0 Å². The van der Waals surface area contributed by atoms with Gasteiger partial charge in [-0.1, -0.05) is 30.3 Å². The fourth-order valence-corrected chi connectivity index (χ4v) is 4.25. The quantitative estimate of drug-likeness (QED) is 0.547. The van der Waals surface area contributed by atoms with Crippen LogP contribution in [0.1, 0.15) is 37.4 Å². The van der Waals surface area contributed by atoms with E-state index in [1.165, 1.54) is 12.1 Å². The predicted octanol–water partition coefficient (Wildman–Crippen LogP) is 3.56. The number of carbonyl (C=O) groups excluding carboxylic acids is 2. The molecule has 0 radical (unpaired) electrons. The number of aryl methyl sites for hydroxylation is 2. The van der Waals surface area contributed by atoms with E-state index < -0.39 is 21.9 Å². The van der Waals surface area contributed by atoms with Crippen molar-refractivity contribution in [3.8, 4) is 0 Å². The van der Waals surface area contributed by atoms with Crippen molar-refractivity contribution in [2.45, 2.75) is 25.3 Å². The molecule has 0 atom stereocenters. The molecule has 3 rings (SSSR count). The highest BCUT2D eigenvalue weighted by Gasteiger charge is 2.20. The van der Waals surface area contributed by atoms with Gasteiger partial charge in [0, 0.05) is 11.3 Å². The van der Waals surface area contributed by atoms with Crippen LogP contribution in [-0.2, 0) is 21.4 Å². The van der Waals surface area contributed by atoms with Crippen molar-refractivity contribution in [1.82, 2.24) is 0 Å². The number of esters is 1. The number of ether oxygens (including phenoxy) is 1. The zero-order valence-corrected chi connectivity index (χ0v) is 17.9. The average Bonchev–Trinajstić information content (AvgIpc) is 2.72. The normalized spacial score (nSPS) is 11.0. The van der Waals surface area contributed by atoms with Gasteiger partial charge in [-0.2, -0.15) is 0 Å². The summed E-state index contributed by atoms with van der Waals surface area (Å²) in [6.07, 6.45) is 0. The molecule has 0 unspecified atom stereocenters. The average molecular weight is 439 g/mol. The summed E-state index contributed by atoms with van der Waals surface area (Å²) in [6.45, 7) is 3.48. The molecule has 0 aliphatic rings. The number of nitrogens with one attached hydrogen (secondary N) is 1. The molecule has 0 heterocycles. The maximum atomic E-state index is 12.9. The van der Waals surface area contributed by atoms with Gasteiger partial charge in [-0.3, -0.25) is 9.52 Å². The van der Waals surface area contributed by atoms with E-state index in [0.29, 0.717) is 22.4 Å². The van der Waals surface area contributed by atoms with E-state index in [2.05, 4.69) is 4.72 Å². The molecule has 0 aliphatic carbocycles. The van der Waals surface area contributed by atoms with E-state index in [1.54, 1.807) is 55.5 Å². The first-order valence-electron chi connectivity index (χ1n) is 9.42. The molecule has 0 aromatic heterocycles. The molecule has 7 nitrogen and oxygen atoms in total. The van der Waals surface area contributed by atoms with Crippen LogP contribution < -0.4 is 10.5 Å². The van der Waals surface area contributed by atoms with Gasteiger partial charge in [0.15, 0.2) is 0 Å². The summed E-state index contributed by atoms with van der Waals surface area (Å²) in [5.74, 6) is -1.21. The second-order valence-electron chi connectivity index (χ2n) is 7.09. The topological polar surface area (TPSA) is 116 Å². The Morgan fingerprint density at radius 1 is 0.935 bits per heavy atom. The smallest absolute Gasteiger partial charge is 0.338 e. The second-order valence-corrected chi connectivity index (χ2v) is 8.74. The first kappa shape index (κ1) is 22.0. The van der Waals surface area contributed by atoms with Crippen molar-refractivity contribution in [3.05, 3.63) is 94.5 Å². The molecule has 3 N–H and O–H groups in total. The molecule has 31 heavy (non-hydrogen) atoms. The molecule has 0 saturated carbocycles. The van der Waals surface area contributed by atoms with E-state index in [-0.39, 0.29) is 17.1 Å². The SMILES string of the molecule is Cc1cccc(NS(=O)(=O)c2cc(C(=O)OCc3ccc(C(N)=O)cc3)ccc2C)c1. The van der Waals surface area contributed by atoms with E-state index in [0.717, 1.165) is 5.56 Å². The molecule has 0 fully saturated rings. The lowest BCUT2D eigenvalue weighted by Gasteiger charge is -2.12. The number of carbonyl (C=O) groups is 2. The van der Waals surface area contributed by atoms with E-state index in [4.69, 9.17) is 10.5 Å². The summed E-state index contributed by atoms with van der Waals surface area (Å²) in [6, 6.07) is 17.7. The third-order valence-corrected chi connectivity index (χ3v) is 6.12. The largest absolute Gasteiger partial charge is 0.457 e. The number of sulfonamides is 1. The van der Waals surface area contributed by atoms with E-state index in [9.17, 15) is 18.0 Å². The Morgan fingerprint density at radius 2 is 1.61 bits per heavy atom. The summed E-state index contributed by atoms with van der Waals surface area (Å²) in [7, 11) is -3.90. The van der Waals surface area contributed by atoms with Gasteiger partial charge in [0.1, 0.15) is 6.61 Å².